The number of nitro benzene ring substituents is 1. The smallest absolute Gasteiger partial charge is 0.307 e. The number of benzene rings is 2. The summed E-state index contributed by atoms with van der Waals surface area (Å²) in [4.78, 5) is 11.3. The molecule has 0 aliphatic carbocycles. The zero-order chi connectivity index (χ0) is 14.5. The largest absolute Gasteiger partial charge is 0.318 e. The lowest BCUT2D eigenvalue weighted by Gasteiger charge is -2.08. The first kappa shape index (κ1) is 14.6. The van der Waals surface area contributed by atoms with E-state index >= 15 is 0 Å². The second-order valence-corrected chi connectivity index (χ2v) is 5.36. The molecule has 0 heterocycles. The van der Waals surface area contributed by atoms with E-state index in [1.54, 1.807) is 24.3 Å². The normalized spacial score (nSPS) is 10.3. The monoisotopic (exact) mass is 309 g/mol. The van der Waals surface area contributed by atoms with Crippen molar-refractivity contribution in [2.75, 3.05) is 5.43 Å². The Morgan fingerprint density at radius 1 is 1.25 bits per heavy atom. The minimum Gasteiger partial charge on any atom is -0.318 e. The number of rotatable bonds is 5. The number of thioether (sulfide) groups is 1. The molecular weight excluding hydrogens is 298 g/mol. The number of hydrogen-bond donors (Lipinski definition) is 2. The quantitative estimate of drug-likeness (QED) is 0.380. The van der Waals surface area contributed by atoms with Crippen LogP contribution in [0.25, 0.3) is 0 Å². The highest BCUT2D eigenvalue weighted by Gasteiger charge is 2.19. The van der Waals surface area contributed by atoms with Gasteiger partial charge >= 0.3 is 5.69 Å². The molecule has 0 unspecified atom stereocenters. The highest BCUT2D eigenvalue weighted by atomic mass is 35.5. The lowest BCUT2D eigenvalue weighted by molar-refractivity contribution is -0.386. The molecule has 0 fully saturated rings. The summed E-state index contributed by atoms with van der Waals surface area (Å²) < 4.78 is 0. The van der Waals surface area contributed by atoms with Crippen molar-refractivity contribution in [2.45, 2.75) is 10.6 Å². The Kier molecular flexibility index (Phi) is 4.84. The summed E-state index contributed by atoms with van der Waals surface area (Å²) in [6.07, 6.45) is 0. The van der Waals surface area contributed by atoms with Gasteiger partial charge in [-0.05, 0) is 23.8 Å². The summed E-state index contributed by atoms with van der Waals surface area (Å²) in [5.41, 5.74) is 3.55. The number of anilines is 1. The maximum absolute atomic E-state index is 11.2. The Hall–Kier alpha value is -1.76. The maximum atomic E-state index is 11.2. The molecule has 3 N–H and O–H groups in total. The average Bonchev–Trinajstić information content (AvgIpc) is 2.45. The van der Waals surface area contributed by atoms with Crippen LogP contribution in [0.15, 0.2) is 47.4 Å². The number of halogens is 1. The lowest BCUT2D eigenvalue weighted by Crippen LogP contribution is -2.09. The van der Waals surface area contributed by atoms with Crippen LogP contribution < -0.4 is 11.3 Å². The number of nitro groups is 1. The molecular formula is C13H12ClN3O2S. The minimum absolute atomic E-state index is 0.0212. The lowest BCUT2D eigenvalue weighted by atomic mass is 10.2. The van der Waals surface area contributed by atoms with Crippen molar-refractivity contribution in [1.29, 1.82) is 0 Å². The topological polar surface area (TPSA) is 81.2 Å². The van der Waals surface area contributed by atoms with Crippen LogP contribution in [0.3, 0.4) is 0 Å². The van der Waals surface area contributed by atoms with Crippen LogP contribution in [-0.2, 0) is 5.75 Å². The van der Waals surface area contributed by atoms with E-state index in [1.165, 1.54) is 11.8 Å². The molecule has 0 spiro atoms. The van der Waals surface area contributed by atoms with E-state index < -0.39 is 4.92 Å². The predicted octanol–water partition coefficient (Wildman–Crippen LogP) is 3.83. The third kappa shape index (κ3) is 3.22. The van der Waals surface area contributed by atoms with Gasteiger partial charge in [0.1, 0.15) is 5.69 Å². The third-order valence-corrected chi connectivity index (χ3v) is 4.14. The molecule has 0 saturated carbocycles. The van der Waals surface area contributed by atoms with Crippen molar-refractivity contribution in [3.8, 4) is 0 Å². The van der Waals surface area contributed by atoms with Crippen molar-refractivity contribution in [2.24, 2.45) is 5.84 Å². The zero-order valence-electron chi connectivity index (χ0n) is 10.4. The number of nitrogens with one attached hydrogen (secondary N) is 1. The zero-order valence-corrected chi connectivity index (χ0v) is 11.9. The summed E-state index contributed by atoms with van der Waals surface area (Å²) in [6.45, 7) is 0. The van der Waals surface area contributed by atoms with Crippen LogP contribution in [-0.4, -0.2) is 4.92 Å². The molecule has 0 saturated heterocycles. The molecule has 2 aromatic carbocycles. The molecule has 2 aromatic rings. The van der Waals surface area contributed by atoms with Crippen molar-refractivity contribution in [3.63, 3.8) is 0 Å². The number of nitrogen functional groups attached to an aromatic ring is 1. The fourth-order valence-corrected chi connectivity index (χ4v) is 3.06. The van der Waals surface area contributed by atoms with Gasteiger partial charge in [0.15, 0.2) is 0 Å². The van der Waals surface area contributed by atoms with Gasteiger partial charge in [0, 0.05) is 10.8 Å². The Bertz CT molecular complexity index is 637. The van der Waals surface area contributed by atoms with E-state index in [0.717, 1.165) is 5.56 Å². The van der Waals surface area contributed by atoms with E-state index in [4.69, 9.17) is 17.4 Å². The number of para-hydroxylation sites is 1. The summed E-state index contributed by atoms with van der Waals surface area (Å²) in [7, 11) is 0. The summed E-state index contributed by atoms with van der Waals surface area (Å²) in [6, 6.07) is 12.4. The van der Waals surface area contributed by atoms with E-state index in [9.17, 15) is 10.1 Å². The molecule has 0 aliphatic rings. The second-order valence-electron chi connectivity index (χ2n) is 3.93. The third-order valence-electron chi connectivity index (χ3n) is 2.68. The van der Waals surface area contributed by atoms with Gasteiger partial charge in [0.05, 0.1) is 9.82 Å². The SMILES string of the molecule is NNc1cccc(SCc2ccccc2Cl)c1[N+](=O)[O-]. The molecule has 104 valence electrons. The number of nitrogens with zero attached hydrogens (tertiary/aromatic N) is 1. The number of hydrogen-bond acceptors (Lipinski definition) is 5. The standard InChI is InChI=1S/C13H12ClN3O2S/c14-10-5-2-1-4-9(10)8-20-12-7-3-6-11(16-15)13(12)17(18)19/h1-7,16H,8,15H2. The van der Waals surface area contributed by atoms with E-state index in [-0.39, 0.29) is 5.69 Å². The van der Waals surface area contributed by atoms with Crippen molar-refractivity contribution < 1.29 is 4.92 Å². The van der Waals surface area contributed by atoms with Crippen LogP contribution in [0.4, 0.5) is 11.4 Å². The van der Waals surface area contributed by atoms with Crippen LogP contribution >= 0.6 is 23.4 Å². The first-order chi connectivity index (χ1) is 9.63. The van der Waals surface area contributed by atoms with Gasteiger partial charge in [-0.3, -0.25) is 16.0 Å². The molecule has 0 bridgehead atoms. The van der Waals surface area contributed by atoms with Crippen LogP contribution in [0.5, 0.6) is 0 Å². The molecule has 20 heavy (non-hydrogen) atoms. The van der Waals surface area contributed by atoms with Crippen LogP contribution in [0.1, 0.15) is 5.56 Å². The number of hydrazine groups is 1. The van der Waals surface area contributed by atoms with E-state index in [1.807, 2.05) is 18.2 Å². The van der Waals surface area contributed by atoms with Crippen molar-refractivity contribution in [1.82, 2.24) is 0 Å². The van der Waals surface area contributed by atoms with Gasteiger partial charge in [0.25, 0.3) is 0 Å². The molecule has 0 radical (unpaired) electrons. The van der Waals surface area contributed by atoms with Gasteiger partial charge in [0.2, 0.25) is 0 Å². The second kappa shape index (κ2) is 6.60. The first-order valence-corrected chi connectivity index (χ1v) is 7.10. The van der Waals surface area contributed by atoms with Gasteiger partial charge in [-0.1, -0.05) is 35.9 Å². The Morgan fingerprint density at radius 2 is 2.00 bits per heavy atom. The van der Waals surface area contributed by atoms with Crippen LogP contribution in [0.2, 0.25) is 5.02 Å². The molecule has 0 aromatic heterocycles. The summed E-state index contributed by atoms with van der Waals surface area (Å²) in [5, 5.41) is 11.8. The molecule has 0 amide bonds. The highest BCUT2D eigenvalue weighted by molar-refractivity contribution is 7.98. The Balaban J connectivity index is 2.26. The fourth-order valence-electron chi connectivity index (χ4n) is 1.71. The number of nitrogens with two attached hydrogens (primary N) is 1. The van der Waals surface area contributed by atoms with Crippen LogP contribution in [0, 0.1) is 10.1 Å². The van der Waals surface area contributed by atoms with Gasteiger partial charge in [-0.15, -0.1) is 11.8 Å². The molecule has 0 aliphatic heterocycles. The average molecular weight is 310 g/mol. The molecule has 0 atom stereocenters. The predicted molar refractivity (Wildman–Crippen MR) is 81.9 cm³/mol. The van der Waals surface area contributed by atoms with Gasteiger partial charge in [-0.2, -0.15) is 0 Å². The maximum Gasteiger partial charge on any atom is 0.307 e. The van der Waals surface area contributed by atoms with E-state index in [0.29, 0.717) is 21.4 Å². The first-order valence-electron chi connectivity index (χ1n) is 5.73. The van der Waals surface area contributed by atoms with E-state index in [2.05, 4.69) is 5.43 Å². The Morgan fingerprint density at radius 3 is 2.65 bits per heavy atom. The summed E-state index contributed by atoms with van der Waals surface area (Å²) in [5.74, 6) is 5.85. The minimum atomic E-state index is -0.440. The fraction of sp³-hybridized carbons (Fsp3) is 0.0769. The van der Waals surface area contributed by atoms with Gasteiger partial charge in [-0.25, -0.2) is 0 Å². The van der Waals surface area contributed by atoms with Crippen molar-refractivity contribution >= 4 is 34.7 Å². The molecule has 7 heteroatoms. The molecule has 2 rings (SSSR count). The highest BCUT2D eigenvalue weighted by Crippen LogP contribution is 2.37. The van der Waals surface area contributed by atoms with Crippen molar-refractivity contribution in [3.05, 3.63) is 63.2 Å². The molecule has 5 nitrogen and oxygen atoms in total. The van der Waals surface area contributed by atoms with Gasteiger partial charge < -0.3 is 5.43 Å². The Labute approximate surface area is 125 Å². The summed E-state index contributed by atoms with van der Waals surface area (Å²) >= 11 is 7.42.